The summed E-state index contributed by atoms with van der Waals surface area (Å²) in [5, 5.41) is 6.23. The molecule has 0 saturated carbocycles. The first-order valence-electron chi connectivity index (χ1n) is 7.98. The van der Waals surface area contributed by atoms with Gasteiger partial charge in [-0.3, -0.25) is 4.79 Å². The SMILES string of the molecule is CNCC(C)C(=O)NC1CCCN(c2cccc(OC)c2)C1. The van der Waals surface area contributed by atoms with Crippen LogP contribution in [0.1, 0.15) is 19.8 Å². The van der Waals surface area contributed by atoms with Gasteiger partial charge in [-0.1, -0.05) is 13.0 Å². The van der Waals surface area contributed by atoms with E-state index in [0.29, 0.717) is 6.54 Å². The number of nitrogens with one attached hydrogen (secondary N) is 2. The summed E-state index contributed by atoms with van der Waals surface area (Å²) in [6, 6.07) is 8.31. The lowest BCUT2D eigenvalue weighted by atomic mass is 10.0. The van der Waals surface area contributed by atoms with Gasteiger partial charge < -0.3 is 20.3 Å². The Labute approximate surface area is 133 Å². The summed E-state index contributed by atoms with van der Waals surface area (Å²) in [7, 11) is 3.55. The van der Waals surface area contributed by atoms with Crippen LogP contribution in [0.2, 0.25) is 0 Å². The van der Waals surface area contributed by atoms with Gasteiger partial charge in [-0.25, -0.2) is 0 Å². The summed E-state index contributed by atoms with van der Waals surface area (Å²) in [4.78, 5) is 14.5. The molecule has 0 aromatic heterocycles. The van der Waals surface area contributed by atoms with Crippen LogP contribution in [0.4, 0.5) is 5.69 Å². The molecule has 1 heterocycles. The molecule has 1 aromatic rings. The average Bonchev–Trinajstić information content (AvgIpc) is 2.55. The van der Waals surface area contributed by atoms with Crippen LogP contribution in [0.3, 0.4) is 0 Å². The fraction of sp³-hybridized carbons (Fsp3) is 0.588. The number of amides is 1. The van der Waals surface area contributed by atoms with Gasteiger partial charge in [0.2, 0.25) is 5.91 Å². The third-order valence-electron chi connectivity index (χ3n) is 4.14. The van der Waals surface area contributed by atoms with E-state index in [1.165, 1.54) is 0 Å². The molecule has 1 fully saturated rings. The molecule has 1 saturated heterocycles. The van der Waals surface area contributed by atoms with Gasteiger partial charge in [0, 0.05) is 43.3 Å². The number of methoxy groups -OCH3 is 1. The summed E-state index contributed by atoms with van der Waals surface area (Å²) >= 11 is 0. The summed E-state index contributed by atoms with van der Waals surface area (Å²) in [5.41, 5.74) is 1.15. The molecule has 2 atom stereocenters. The van der Waals surface area contributed by atoms with Crippen molar-refractivity contribution in [3.8, 4) is 5.75 Å². The Morgan fingerprint density at radius 3 is 3.05 bits per heavy atom. The smallest absolute Gasteiger partial charge is 0.224 e. The van der Waals surface area contributed by atoms with Gasteiger partial charge in [0.05, 0.1) is 7.11 Å². The number of anilines is 1. The summed E-state index contributed by atoms with van der Waals surface area (Å²) in [6.07, 6.45) is 2.13. The topological polar surface area (TPSA) is 53.6 Å². The Morgan fingerprint density at radius 1 is 1.50 bits per heavy atom. The number of hydrogen-bond acceptors (Lipinski definition) is 4. The normalized spacial score (nSPS) is 19.6. The fourth-order valence-corrected chi connectivity index (χ4v) is 2.88. The van der Waals surface area contributed by atoms with Crippen molar-refractivity contribution in [3.63, 3.8) is 0 Å². The second-order valence-electron chi connectivity index (χ2n) is 5.95. The second-order valence-corrected chi connectivity index (χ2v) is 5.95. The Hall–Kier alpha value is -1.75. The molecule has 0 radical (unpaired) electrons. The van der Waals surface area contributed by atoms with Crippen LogP contribution in [0.5, 0.6) is 5.75 Å². The highest BCUT2D eigenvalue weighted by Crippen LogP contribution is 2.24. The van der Waals surface area contributed by atoms with Crippen LogP contribution in [0.25, 0.3) is 0 Å². The van der Waals surface area contributed by atoms with Gasteiger partial charge >= 0.3 is 0 Å². The number of nitrogens with zero attached hydrogens (tertiary/aromatic N) is 1. The van der Waals surface area contributed by atoms with Gasteiger partial charge in [0.15, 0.2) is 0 Å². The minimum atomic E-state index is -0.00260. The molecule has 0 bridgehead atoms. The van der Waals surface area contributed by atoms with Crippen LogP contribution in [0.15, 0.2) is 24.3 Å². The molecule has 5 heteroatoms. The maximum absolute atomic E-state index is 12.2. The van der Waals surface area contributed by atoms with Gasteiger partial charge in [0.25, 0.3) is 0 Å². The minimum absolute atomic E-state index is 0.00260. The summed E-state index contributed by atoms with van der Waals surface area (Å²) < 4.78 is 5.29. The molecule has 0 aliphatic carbocycles. The van der Waals surface area contributed by atoms with E-state index in [4.69, 9.17) is 4.74 Å². The highest BCUT2D eigenvalue weighted by molar-refractivity contribution is 5.78. The van der Waals surface area contributed by atoms with Crippen LogP contribution < -0.4 is 20.3 Å². The maximum atomic E-state index is 12.2. The molecule has 122 valence electrons. The van der Waals surface area contributed by atoms with Crippen LogP contribution in [-0.4, -0.2) is 45.7 Å². The van der Waals surface area contributed by atoms with Gasteiger partial charge in [-0.05, 0) is 32.0 Å². The van der Waals surface area contributed by atoms with E-state index in [9.17, 15) is 4.79 Å². The molecule has 2 rings (SSSR count). The van der Waals surface area contributed by atoms with Crippen LogP contribution in [-0.2, 0) is 4.79 Å². The molecule has 1 aliphatic heterocycles. The lowest BCUT2D eigenvalue weighted by molar-refractivity contribution is -0.125. The highest BCUT2D eigenvalue weighted by atomic mass is 16.5. The van der Waals surface area contributed by atoms with E-state index in [2.05, 4.69) is 21.6 Å². The van der Waals surface area contributed by atoms with E-state index in [1.54, 1.807) is 7.11 Å². The molecular weight excluding hydrogens is 278 g/mol. The summed E-state index contributed by atoms with van der Waals surface area (Å²) in [5.74, 6) is 0.996. The molecule has 1 aromatic carbocycles. The molecular formula is C17H27N3O2. The Kier molecular flexibility index (Phi) is 6.07. The quantitative estimate of drug-likeness (QED) is 0.839. The van der Waals surface area contributed by atoms with E-state index >= 15 is 0 Å². The van der Waals surface area contributed by atoms with Crippen molar-refractivity contribution in [2.24, 2.45) is 5.92 Å². The van der Waals surface area contributed by atoms with E-state index in [0.717, 1.165) is 37.4 Å². The van der Waals surface area contributed by atoms with E-state index in [-0.39, 0.29) is 17.9 Å². The van der Waals surface area contributed by atoms with Crippen LogP contribution in [0, 0.1) is 5.92 Å². The summed E-state index contributed by atoms with van der Waals surface area (Å²) in [6.45, 7) is 4.53. The zero-order chi connectivity index (χ0) is 15.9. The molecule has 2 N–H and O–H groups in total. The number of ether oxygens (including phenoxy) is 1. The fourth-order valence-electron chi connectivity index (χ4n) is 2.88. The first-order valence-corrected chi connectivity index (χ1v) is 7.98. The van der Waals surface area contributed by atoms with Crippen LogP contribution >= 0.6 is 0 Å². The first kappa shape index (κ1) is 16.6. The zero-order valence-corrected chi connectivity index (χ0v) is 13.8. The molecule has 0 spiro atoms. The maximum Gasteiger partial charge on any atom is 0.224 e. The zero-order valence-electron chi connectivity index (χ0n) is 13.8. The number of benzene rings is 1. The van der Waals surface area contributed by atoms with Gasteiger partial charge in [-0.2, -0.15) is 0 Å². The van der Waals surface area contributed by atoms with Crippen molar-refractivity contribution in [2.75, 3.05) is 38.7 Å². The average molecular weight is 305 g/mol. The van der Waals surface area contributed by atoms with Crippen molar-refractivity contribution in [1.82, 2.24) is 10.6 Å². The van der Waals surface area contributed by atoms with Gasteiger partial charge in [-0.15, -0.1) is 0 Å². The van der Waals surface area contributed by atoms with Crippen molar-refractivity contribution >= 4 is 11.6 Å². The molecule has 2 unspecified atom stereocenters. The van der Waals surface area contributed by atoms with Crippen molar-refractivity contribution in [1.29, 1.82) is 0 Å². The van der Waals surface area contributed by atoms with Gasteiger partial charge in [0.1, 0.15) is 5.75 Å². The van der Waals surface area contributed by atoms with E-state index < -0.39 is 0 Å². The Bertz CT molecular complexity index is 493. The van der Waals surface area contributed by atoms with Crippen molar-refractivity contribution in [2.45, 2.75) is 25.8 Å². The highest BCUT2D eigenvalue weighted by Gasteiger charge is 2.23. The standard InChI is InChI=1S/C17H27N3O2/c1-13(11-18-2)17(21)19-14-6-5-9-20(12-14)15-7-4-8-16(10-15)22-3/h4,7-8,10,13-14,18H,5-6,9,11-12H2,1-3H3,(H,19,21). The second kappa shape index (κ2) is 8.03. The predicted octanol–water partition coefficient (Wildman–Crippen LogP) is 1.64. The Morgan fingerprint density at radius 2 is 2.32 bits per heavy atom. The molecule has 5 nitrogen and oxygen atoms in total. The number of piperidine rings is 1. The third kappa shape index (κ3) is 4.37. The monoisotopic (exact) mass is 305 g/mol. The lowest BCUT2D eigenvalue weighted by Gasteiger charge is -2.35. The largest absolute Gasteiger partial charge is 0.497 e. The van der Waals surface area contributed by atoms with Crippen molar-refractivity contribution < 1.29 is 9.53 Å². The minimum Gasteiger partial charge on any atom is -0.497 e. The Balaban J connectivity index is 1.95. The number of carbonyl (C=O) groups is 1. The van der Waals surface area contributed by atoms with Crippen molar-refractivity contribution in [3.05, 3.63) is 24.3 Å². The predicted molar refractivity (Wildman–Crippen MR) is 89.5 cm³/mol. The number of rotatable bonds is 6. The first-order chi connectivity index (χ1) is 10.6. The van der Waals surface area contributed by atoms with E-state index in [1.807, 2.05) is 32.2 Å². The third-order valence-corrected chi connectivity index (χ3v) is 4.14. The lowest BCUT2D eigenvalue weighted by Crippen LogP contribution is -2.49. The molecule has 1 amide bonds. The molecule has 22 heavy (non-hydrogen) atoms. The number of carbonyl (C=O) groups excluding carboxylic acids is 1. The molecule has 1 aliphatic rings. The number of hydrogen-bond donors (Lipinski definition) is 2.